The first-order valence-electron chi connectivity index (χ1n) is 5.85. The fraction of sp³-hybridized carbons (Fsp3) is 1.00. The number of rotatable bonds is 6. The first-order valence-corrected chi connectivity index (χ1v) is 5.85. The monoisotopic (exact) mass is 198 g/mol. The molecule has 14 heavy (non-hydrogen) atoms. The van der Waals surface area contributed by atoms with Crippen LogP contribution in [0.1, 0.15) is 19.3 Å². The van der Waals surface area contributed by atoms with E-state index in [1.807, 2.05) is 0 Å². The number of ether oxygens (including phenoxy) is 1. The highest BCUT2D eigenvalue weighted by Crippen LogP contribution is 2.28. The van der Waals surface area contributed by atoms with E-state index in [0.717, 1.165) is 38.3 Å². The van der Waals surface area contributed by atoms with Crippen LogP contribution in [-0.4, -0.2) is 50.8 Å². The molecule has 0 aromatic rings. The van der Waals surface area contributed by atoms with Gasteiger partial charge in [-0.05, 0) is 38.8 Å². The third-order valence-corrected chi connectivity index (χ3v) is 3.30. The summed E-state index contributed by atoms with van der Waals surface area (Å²) in [5, 5.41) is 3.39. The van der Waals surface area contributed by atoms with Gasteiger partial charge in [0.05, 0.1) is 6.61 Å². The van der Waals surface area contributed by atoms with Crippen molar-refractivity contribution in [1.82, 2.24) is 10.2 Å². The molecule has 1 N–H and O–H groups in total. The van der Waals surface area contributed by atoms with Crippen molar-refractivity contribution in [3.63, 3.8) is 0 Å². The van der Waals surface area contributed by atoms with Gasteiger partial charge in [-0.3, -0.25) is 4.90 Å². The van der Waals surface area contributed by atoms with Crippen LogP contribution >= 0.6 is 0 Å². The molecule has 3 heteroatoms. The van der Waals surface area contributed by atoms with E-state index >= 15 is 0 Å². The van der Waals surface area contributed by atoms with Crippen molar-refractivity contribution < 1.29 is 4.74 Å². The minimum atomic E-state index is 0.736. The zero-order chi connectivity index (χ0) is 9.80. The Balaban J connectivity index is 1.50. The van der Waals surface area contributed by atoms with E-state index in [4.69, 9.17) is 4.74 Å². The number of nitrogens with one attached hydrogen (secondary N) is 1. The van der Waals surface area contributed by atoms with E-state index in [1.54, 1.807) is 0 Å². The van der Waals surface area contributed by atoms with E-state index in [-0.39, 0.29) is 0 Å². The Morgan fingerprint density at radius 2 is 2.21 bits per heavy atom. The summed E-state index contributed by atoms with van der Waals surface area (Å²) in [5.74, 6) is 0.897. The van der Waals surface area contributed by atoms with Crippen molar-refractivity contribution >= 4 is 0 Å². The van der Waals surface area contributed by atoms with Crippen molar-refractivity contribution in [1.29, 1.82) is 0 Å². The Morgan fingerprint density at radius 1 is 1.36 bits per heavy atom. The first-order chi connectivity index (χ1) is 6.86. The smallest absolute Gasteiger partial charge is 0.0593 e. The molecule has 2 aliphatic rings. The summed E-state index contributed by atoms with van der Waals surface area (Å²) in [6.07, 6.45) is 4.07. The maximum atomic E-state index is 5.63. The van der Waals surface area contributed by atoms with Gasteiger partial charge in [-0.25, -0.2) is 0 Å². The van der Waals surface area contributed by atoms with E-state index < -0.39 is 0 Å². The molecule has 1 saturated carbocycles. The van der Waals surface area contributed by atoms with Gasteiger partial charge in [-0.2, -0.15) is 0 Å². The molecule has 2 rings (SSSR count). The van der Waals surface area contributed by atoms with Crippen LogP contribution in [0.15, 0.2) is 0 Å². The third kappa shape index (κ3) is 3.23. The van der Waals surface area contributed by atoms with E-state index in [1.165, 1.54) is 25.8 Å². The van der Waals surface area contributed by atoms with Gasteiger partial charge < -0.3 is 10.1 Å². The highest BCUT2D eigenvalue weighted by Gasteiger charge is 2.22. The quantitative estimate of drug-likeness (QED) is 0.636. The molecule has 3 nitrogen and oxygen atoms in total. The van der Waals surface area contributed by atoms with Crippen molar-refractivity contribution in [2.45, 2.75) is 25.3 Å². The van der Waals surface area contributed by atoms with Gasteiger partial charge in [-0.15, -0.1) is 0 Å². The van der Waals surface area contributed by atoms with Crippen LogP contribution in [0.25, 0.3) is 0 Å². The molecule has 1 heterocycles. The maximum absolute atomic E-state index is 5.63. The molecule has 0 amide bonds. The highest BCUT2D eigenvalue weighted by molar-refractivity contribution is 4.78. The van der Waals surface area contributed by atoms with Gasteiger partial charge in [0.25, 0.3) is 0 Å². The fourth-order valence-corrected chi connectivity index (χ4v) is 1.94. The lowest BCUT2D eigenvalue weighted by Gasteiger charge is -2.23. The van der Waals surface area contributed by atoms with Crippen LogP contribution in [0.3, 0.4) is 0 Å². The van der Waals surface area contributed by atoms with Crippen LogP contribution in [0, 0.1) is 5.92 Å². The average Bonchev–Trinajstić information content (AvgIpc) is 2.84. The Hall–Kier alpha value is -0.120. The highest BCUT2D eigenvalue weighted by atomic mass is 16.5. The zero-order valence-corrected chi connectivity index (χ0v) is 9.17. The Kier molecular flexibility index (Phi) is 3.79. The normalized spacial score (nSPS) is 27.4. The van der Waals surface area contributed by atoms with Gasteiger partial charge >= 0.3 is 0 Å². The summed E-state index contributed by atoms with van der Waals surface area (Å²) in [6.45, 7) is 5.32. The number of hydrogen-bond acceptors (Lipinski definition) is 3. The Labute approximate surface area is 86.8 Å². The van der Waals surface area contributed by atoms with Crippen LogP contribution in [0.4, 0.5) is 0 Å². The lowest BCUT2D eigenvalue weighted by Crippen LogP contribution is -2.35. The van der Waals surface area contributed by atoms with Gasteiger partial charge in [0.15, 0.2) is 0 Å². The minimum Gasteiger partial charge on any atom is -0.380 e. The Bertz CT molecular complexity index is 165. The second kappa shape index (κ2) is 5.10. The molecule has 82 valence electrons. The zero-order valence-electron chi connectivity index (χ0n) is 9.17. The maximum Gasteiger partial charge on any atom is 0.0593 e. The van der Waals surface area contributed by atoms with E-state index in [2.05, 4.69) is 17.3 Å². The van der Waals surface area contributed by atoms with Crippen molar-refractivity contribution in [2.75, 3.05) is 39.9 Å². The lowest BCUT2D eigenvalue weighted by atomic mass is 10.2. The summed E-state index contributed by atoms with van der Waals surface area (Å²) in [4.78, 5) is 2.42. The molecule has 1 aliphatic heterocycles. The number of nitrogens with zero attached hydrogens (tertiary/aromatic N) is 1. The second-order valence-electron chi connectivity index (χ2n) is 4.65. The SMILES string of the molecule is CN(CCOCC1CC1)C1CCNC1. The average molecular weight is 198 g/mol. The molecule has 0 aromatic carbocycles. The van der Waals surface area contributed by atoms with Crippen LogP contribution < -0.4 is 5.32 Å². The van der Waals surface area contributed by atoms with Gasteiger partial charge in [0.2, 0.25) is 0 Å². The molecule has 0 bridgehead atoms. The molecule has 2 fully saturated rings. The van der Waals surface area contributed by atoms with Crippen LogP contribution in [-0.2, 0) is 4.74 Å². The number of likely N-dealkylation sites (N-methyl/N-ethyl adjacent to an activating group) is 1. The summed E-state index contributed by atoms with van der Waals surface area (Å²) in [5.41, 5.74) is 0. The fourth-order valence-electron chi connectivity index (χ4n) is 1.94. The molecule has 1 aliphatic carbocycles. The summed E-state index contributed by atoms with van der Waals surface area (Å²) in [7, 11) is 2.21. The molecule has 1 atom stereocenters. The predicted octanol–water partition coefficient (Wildman–Crippen LogP) is 0.707. The minimum absolute atomic E-state index is 0.736. The molecule has 0 aromatic heterocycles. The van der Waals surface area contributed by atoms with Crippen molar-refractivity contribution in [3.05, 3.63) is 0 Å². The topological polar surface area (TPSA) is 24.5 Å². The predicted molar refractivity (Wildman–Crippen MR) is 57.4 cm³/mol. The van der Waals surface area contributed by atoms with Crippen LogP contribution in [0.2, 0.25) is 0 Å². The summed E-state index contributed by atoms with van der Waals surface area (Å²) in [6, 6.07) is 0.736. The summed E-state index contributed by atoms with van der Waals surface area (Å²) < 4.78 is 5.63. The second-order valence-corrected chi connectivity index (χ2v) is 4.65. The lowest BCUT2D eigenvalue weighted by molar-refractivity contribution is 0.0938. The van der Waals surface area contributed by atoms with Crippen LogP contribution in [0.5, 0.6) is 0 Å². The molecule has 0 spiro atoms. The molecule has 0 radical (unpaired) electrons. The molecule has 1 unspecified atom stereocenters. The summed E-state index contributed by atoms with van der Waals surface area (Å²) >= 11 is 0. The largest absolute Gasteiger partial charge is 0.380 e. The van der Waals surface area contributed by atoms with Gasteiger partial charge in [0, 0.05) is 25.7 Å². The van der Waals surface area contributed by atoms with Crippen molar-refractivity contribution in [2.24, 2.45) is 5.92 Å². The molecule has 1 saturated heterocycles. The van der Waals surface area contributed by atoms with E-state index in [0.29, 0.717) is 0 Å². The number of hydrogen-bond donors (Lipinski definition) is 1. The van der Waals surface area contributed by atoms with Gasteiger partial charge in [0.1, 0.15) is 0 Å². The standard InChI is InChI=1S/C11H22N2O/c1-13(11-4-5-12-8-11)6-7-14-9-10-2-3-10/h10-12H,2-9H2,1H3. The first kappa shape index (κ1) is 10.4. The molecular formula is C11H22N2O. The molecular weight excluding hydrogens is 176 g/mol. The van der Waals surface area contributed by atoms with Crippen molar-refractivity contribution in [3.8, 4) is 0 Å². The Morgan fingerprint density at radius 3 is 2.86 bits per heavy atom. The third-order valence-electron chi connectivity index (χ3n) is 3.30. The van der Waals surface area contributed by atoms with E-state index in [9.17, 15) is 0 Å². The van der Waals surface area contributed by atoms with Gasteiger partial charge in [-0.1, -0.05) is 0 Å².